The molecule has 1 N–H and O–H groups in total. The summed E-state index contributed by atoms with van der Waals surface area (Å²) in [6, 6.07) is 16.9. The Morgan fingerprint density at radius 3 is 2.65 bits per heavy atom. The maximum absolute atomic E-state index is 12.7. The van der Waals surface area contributed by atoms with Gasteiger partial charge in [0.1, 0.15) is 0 Å². The van der Waals surface area contributed by atoms with Gasteiger partial charge in [0.05, 0.1) is 5.69 Å². The highest BCUT2D eigenvalue weighted by molar-refractivity contribution is 7.99. The summed E-state index contributed by atoms with van der Waals surface area (Å²) in [7, 11) is 0. The van der Waals surface area contributed by atoms with E-state index in [4.69, 9.17) is 0 Å². The number of hydrogen-bond donors (Lipinski definition) is 1. The number of likely N-dealkylation sites (tertiary alicyclic amines) is 1. The second kappa shape index (κ2) is 10.3. The molecule has 2 aromatic rings. The zero-order valence-electron chi connectivity index (χ0n) is 18.2. The van der Waals surface area contributed by atoms with Crippen LogP contribution in [0, 0.1) is 6.92 Å². The van der Waals surface area contributed by atoms with Crippen LogP contribution in [0.1, 0.15) is 36.8 Å². The number of amides is 2. The van der Waals surface area contributed by atoms with Crippen LogP contribution < -0.4 is 10.2 Å². The van der Waals surface area contributed by atoms with E-state index in [2.05, 4.69) is 47.5 Å². The predicted molar refractivity (Wildman–Crippen MR) is 126 cm³/mol. The first-order valence-corrected chi connectivity index (χ1v) is 12.2. The average Bonchev–Trinajstić information content (AvgIpc) is 2.78. The van der Waals surface area contributed by atoms with Crippen LogP contribution in [0.25, 0.3) is 0 Å². The first-order chi connectivity index (χ1) is 15.1. The molecule has 0 unspecified atom stereocenters. The van der Waals surface area contributed by atoms with Gasteiger partial charge >= 0.3 is 0 Å². The Bertz CT molecular complexity index is 924. The number of rotatable bonds is 6. The van der Waals surface area contributed by atoms with Gasteiger partial charge in [-0.2, -0.15) is 0 Å². The van der Waals surface area contributed by atoms with E-state index in [-0.39, 0.29) is 30.7 Å². The third-order valence-corrected chi connectivity index (χ3v) is 7.08. The number of para-hydroxylation sites is 1. The molecule has 2 heterocycles. The Hall–Kier alpha value is -2.31. The quantitative estimate of drug-likeness (QED) is 0.742. The first-order valence-electron chi connectivity index (χ1n) is 11.2. The molecule has 6 heteroatoms. The van der Waals surface area contributed by atoms with Crippen LogP contribution in [0.3, 0.4) is 0 Å². The summed E-state index contributed by atoms with van der Waals surface area (Å²) < 4.78 is 0. The lowest BCUT2D eigenvalue weighted by molar-refractivity contribution is -0.125. The summed E-state index contributed by atoms with van der Waals surface area (Å²) in [6.07, 6.45) is 2.44. The van der Waals surface area contributed by atoms with E-state index in [9.17, 15) is 9.59 Å². The molecular formula is C25H31N3O2S. The normalized spacial score (nSPS) is 17.3. The zero-order valence-corrected chi connectivity index (χ0v) is 19.0. The van der Waals surface area contributed by atoms with Crippen LogP contribution in [0.2, 0.25) is 0 Å². The van der Waals surface area contributed by atoms with Crippen LogP contribution in [-0.4, -0.2) is 48.1 Å². The standard InChI is InChI=1S/C25H31N3O2S/c1-19-5-4-6-20(17-19)18-27-13-11-21(12-14-27)26-24(29)9-10-25(30)28-15-16-31-23-8-3-2-7-22(23)28/h2-8,17,21H,9-16,18H2,1H3,(H,26,29). The fourth-order valence-corrected chi connectivity index (χ4v) is 5.38. The van der Waals surface area contributed by atoms with Gasteiger partial charge in [-0.15, -0.1) is 11.8 Å². The number of carbonyl (C=O) groups is 2. The van der Waals surface area contributed by atoms with Crippen molar-refractivity contribution in [3.8, 4) is 0 Å². The first kappa shape index (κ1) is 21.9. The number of fused-ring (bicyclic) bond motifs is 1. The van der Waals surface area contributed by atoms with Crippen molar-refractivity contribution in [2.45, 2.75) is 50.1 Å². The summed E-state index contributed by atoms with van der Waals surface area (Å²) in [5, 5.41) is 3.15. The Kier molecular flexibility index (Phi) is 7.30. The van der Waals surface area contributed by atoms with Gasteiger partial charge in [-0.3, -0.25) is 14.5 Å². The van der Waals surface area contributed by atoms with Crippen LogP contribution in [0.15, 0.2) is 53.4 Å². The van der Waals surface area contributed by atoms with Crippen LogP contribution in [-0.2, 0) is 16.1 Å². The van der Waals surface area contributed by atoms with Gasteiger partial charge in [0.15, 0.2) is 0 Å². The number of nitrogens with zero attached hydrogens (tertiary/aromatic N) is 2. The minimum absolute atomic E-state index is 0.00912. The Labute approximate surface area is 189 Å². The highest BCUT2D eigenvalue weighted by Crippen LogP contribution is 2.34. The molecule has 5 nitrogen and oxygen atoms in total. The van der Waals surface area contributed by atoms with E-state index in [1.54, 1.807) is 11.8 Å². The molecule has 2 aliphatic heterocycles. The maximum atomic E-state index is 12.7. The topological polar surface area (TPSA) is 52.7 Å². The van der Waals surface area contributed by atoms with Crippen LogP contribution in [0.5, 0.6) is 0 Å². The van der Waals surface area contributed by atoms with Crippen molar-refractivity contribution in [2.75, 3.05) is 30.3 Å². The van der Waals surface area contributed by atoms with Crippen molar-refractivity contribution in [2.24, 2.45) is 0 Å². The van der Waals surface area contributed by atoms with E-state index >= 15 is 0 Å². The molecule has 0 aliphatic carbocycles. The van der Waals surface area contributed by atoms with Crippen molar-refractivity contribution in [3.63, 3.8) is 0 Å². The van der Waals surface area contributed by atoms with Gasteiger partial charge in [0, 0.05) is 55.7 Å². The lowest BCUT2D eigenvalue weighted by atomic mass is 10.0. The van der Waals surface area contributed by atoms with E-state index in [1.807, 2.05) is 23.1 Å². The molecular weight excluding hydrogens is 406 g/mol. The molecule has 164 valence electrons. The molecule has 0 atom stereocenters. The molecule has 0 radical (unpaired) electrons. The maximum Gasteiger partial charge on any atom is 0.227 e. The van der Waals surface area contributed by atoms with E-state index < -0.39 is 0 Å². The van der Waals surface area contributed by atoms with E-state index in [0.717, 1.165) is 48.8 Å². The molecule has 0 bridgehead atoms. The van der Waals surface area contributed by atoms with Gasteiger partial charge in [-0.1, -0.05) is 42.0 Å². The fourth-order valence-electron chi connectivity index (χ4n) is 4.39. The van der Waals surface area contributed by atoms with Crippen molar-refractivity contribution in [1.29, 1.82) is 0 Å². The Balaban J connectivity index is 1.19. The number of anilines is 1. The molecule has 0 aromatic heterocycles. The molecule has 0 saturated carbocycles. The van der Waals surface area contributed by atoms with Gasteiger partial charge in [0.2, 0.25) is 11.8 Å². The van der Waals surface area contributed by atoms with E-state index in [0.29, 0.717) is 6.54 Å². The number of carbonyl (C=O) groups excluding carboxylic acids is 2. The highest BCUT2D eigenvalue weighted by Gasteiger charge is 2.24. The molecule has 1 fully saturated rings. The summed E-state index contributed by atoms with van der Waals surface area (Å²) in [5.74, 6) is 0.928. The number of hydrogen-bond acceptors (Lipinski definition) is 4. The summed E-state index contributed by atoms with van der Waals surface area (Å²) >= 11 is 1.78. The third kappa shape index (κ3) is 5.89. The minimum Gasteiger partial charge on any atom is -0.353 e. The van der Waals surface area contributed by atoms with Crippen molar-refractivity contribution in [1.82, 2.24) is 10.2 Å². The predicted octanol–water partition coefficient (Wildman–Crippen LogP) is 3.99. The number of aryl methyl sites for hydroxylation is 1. The molecule has 2 aliphatic rings. The fraction of sp³-hybridized carbons (Fsp3) is 0.440. The molecule has 31 heavy (non-hydrogen) atoms. The second-order valence-electron chi connectivity index (χ2n) is 8.47. The number of thioether (sulfide) groups is 1. The van der Waals surface area contributed by atoms with Gasteiger partial charge in [-0.05, 0) is 37.5 Å². The Morgan fingerprint density at radius 1 is 1.03 bits per heavy atom. The number of benzene rings is 2. The van der Waals surface area contributed by atoms with Crippen LogP contribution >= 0.6 is 11.8 Å². The van der Waals surface area contributed by atoms with Gasteiger partial charge in [0.25, 0.3) is 0 Å². The molecule has 2 aromatic carbocycles. The number of piperidine rings is 1. The second-order valence-corrected chi connectivity index (χ2v) is 9.61. The van der Waals surface area contributed by atoms with Crippen molar-refractivity contribution >= 4 is 29.3 Å². The number of nitrogens with one attached hydrogen (secondary N) is 1. The lowest BCUT2D eigenvalue weighted by Gasteiger charge is -2.32. The van der Waals surface area contributed by atoms with Crippen LogP contribution in [0.4, 0.5) is 5.69 Å². The SMILES string of the molecule is Cc1cccc(CN2CCC(NC(=O)CCC(=O)N3CCSc4ccccc43)CC2)c1. The largest absolute Gasteiger partial charge is 0.353 e. The lowest BCUT2D eigenvalue weighted by Crippen LogP contribution is -2.44. The smallest absolute Gasteiger partial charge is 0.227 e. The average molecular weight is 438 g/mol. The molecule has 4 rings (SSSR count). The monoisotopic (exact) mass is 437 g/mol. The third-order valence-electron chi connectivity index (χ3n) is 6.04. The van der Waals surface area contributed by atoms with Crippen molar-refractivity contribution < 1.29 is 9.59 Å². The molecule has 0 spiro atoms. The van der Waals surface area contributed by atoms with Gasteiger partial charge in [-0.25, -0.2) is 0 Å². The van der Waals surface area contributed by atoms with Crippen molar-refractivity contribution in [3.05, 3.63) is 59.7 Å². The summed E-state index contributed by atoms with van der Waals surface area (Å²) in [4.78, 5) is 30.6. The van der Waals surface area contributed by atoms with Gasteiger partial charge < -0.3 is 10.2 Å². The highest BCUT2D eigenvalue weighted by atomic mass is 32.2. The Morgan fingerprint density at radius 2 is 1.84 bits per heavy atom. The summed E-state index contributed by atoms with van der Waals surface area (Å²) in [5.41, 5.74) is 3.62. The summed E-state index contributed by atoms with van der Waals surface area (Å²) in [6.45, 7) is 5.77. The zero-order chi connectivity index (χ0) is 21.6. The molecule has 2 amide bonds. The minimum atomic E-state index is -0.00912. The van der Waals surface area contributed by atoms with E-state index in [1.165, 1.54) is 11.1 Å². The molecule has 1 saturated heterocycles.